The minimum absolute atomic E-state index is 0. The van der Waals surface area contributed by atoms with Crippen molar-refractivity contribution >= 4 is 35.6 Å². The summed E-state index contributed by atoms with van der Waals surface area (Å²) in [6, 6.07) is 9.19. The number of anilines is 1. The molecule has 3 rings (SSSR count). The minimum Gasteiger partial charge on any atom is -0.372 e. The summed E-state index contributed by atoms with van der Waals surface area (Å²) in [7, 11) is 2.22. The first kappa shape index (κ1) is 25.2. The highest BCUT2D eigenvalue weighted by Gasteiger charge is 2.15. The molecule has 1 aromatic rings. The van der Waals surface area contributed by atoms with Gasteiger partial charge in [0.05, 0.1) is 12.6 Å². The molecule has 170 valence electrons. The Bertz CT molecular complexity index is 646. The van der Waals surface area contributed by atoms with Crippen LogP contribution in [0.25, 0.3) is 0 Å². The molecule has 1 atom stereocenters. The van der Waals surface area contributed by atoms with Crippen molar-refractivity contribution in [2.45, 2.75) is 39.2 Å². The number of benzene rings is 1. The van der Waals surface area contributed by atoms with Crippen LogP contribution in [-0.2, 0) is 0 Å². The Morgan fingerprint density at radius 1 is 1.07 bits per heavy atom. The molecule has 6 nitrogen and oxygen atoms in total. The van der Waals surface area contributed by atoms with Gasteiger partial charge < -0.3 is 25.3 Å². The first-order chi connectivity index (χ1) is 14.2. The fraction of sp³-hybridized carbons (Fsp3) is 0.696. The van der Waals surface area contributed by atoms with Crippen molar-refractivity contribution in [1.29, 1.82) is 0 Å². The molecular formula is C23H41IN6. The van der Waals surface area contributed by atoms with E-state index in [1.807, 2.05) is 0 Å². The van der Waals surface area contributed by atoms with Crippen molar-refractivity contribution in [3.05, 3.63) is 29.8 Å². The Morgan fingerprint density at radius 2 is 1.87 bits per heavy atom. The fourth-order valence-electron chi connectivity index (χ4n) is 4.20. The maximum atomic E-state index is 4.85. The van der Waals surface area contributed by atoms with Gasteiger partial charge in [-0.1, -0.05) is 12.1 Å². The lowest BCUT2D eigenvalue weighted by Gasteiger charge is -2.22. The Balaban J connectivity index is 0.00000320. The highest BCUT2D eigenvalue weighted by Crippen LogP contribution is 2.23. The Hall–Kier alpha value is -1.06. The standard InChI is InChI=1S/C23H40N6.HI/c1-4-24-23(25-11-16-28-13-8-12-27(3)17-18-28)26-20(2)21-9-7-10-22(19-21)29-14-5-6-15-29;/h7,9-10,19-20H,4-6,8,11-18H2,1-3H3,(H2,24,25,26);1H. The predicted octanol–water partition coefficient (Wildman–Crippen LogP) is 3.16. The second kappa shape index (κ2) is 13.4. The maximum Gasteiger partial charge on any atom is 0.191 e. The molecule has 0 amide bonds. The molecule has 1 aromatic carbocycles. The van der Waals surface area contributed by atoms with Crippen molar-refractivity contribution in [1.82, 2.24) is 20.4 Å². The Morgan fingerprint density at radius 3 is 2.63 bits per heavy atom. The van der Waals surface area contributed by atoms with Crippen LogP contribution in [0, 0.1) is 0 Å². The number of likely N-dealkylation sites (N-methyl/N-ethyl adjacent to an activating group) is 1. The van der Waals surface area contributed by atoms with E-state index in [-0.39, 0.29) is 30.0 Å². The molecular weight excluding hydrogens is 487 g/mol. The van der Waals surface area contributed by atoms with Gasteiger partial charge in [0.15, 0.2) is 5.96 Å². The summed E-state index contributed by atoms with van der Waals surface area (Å²) >= 11 is 0. The summed E-state index contributed by atoms with van der Waals surface area (Å²) in [6.45, 7) is 14.2. The van der Waals surface area contributed by atoms with Crippen LogP contribution >= 0.6 is 24.0 Å². The predicted molar refractivity (Wildman–Crippen MR) is 139 cm³/mol. The third-order valence-corrected chi connectivity index (χ3v) is 6.04. The quantitative estimate of drug-likeness (QED) is 0.324. The van der Waals surface area contributed by atoms with E-state index in [0.29, 0.717) is 0 Å². The third-order valence-electron chi connectivity index (χ3n) is 6.04. The van der Waals surface area contributed by atoms with Crippen molar-refractivity contribution in [2.75, 3.05) is 70.9 Å². The van der Waals surface area contributed by atoms with Gasteiger partial charge >= 0.3 is 0 Å². The SMILES string of the molecule is CCNC(=NCCN1CCCN(C)CC1)NC(C)c1cccc(N2CCCC2)c1.I. The highest BCUT2D eigenvalue weighted by atomic mass is 127. The summed E-state index contributed by atoms with van der Waals surface area (Å²) in [5.74, 6) is 0.915. The molecule has 0 saturated carbocycles. The van der Waals surface area contributed by atoms with E-state index in [4.69, 9.17) is 4.99 Å². The van der Waals surface area contributed by atoms with E-state index in [2.05, 4.69) is 70.5 Å². The molecule has 0 aromatic heterocycles. The van der Waals surface area contributed by atoms with E-state index in [1.54, 1.807) is 0 Å². The zero-order valence-electron chi connectivity index (χ0n) is 19.1. The van der Waals surface area contributed by atoms with Crippen molar-refractivity contribution in [3.8, 4) is 0 Å². The fourth-order valence-corrected chi connectivity index (χ4v) is 4.20. The lowest BCUT2D eigenvalue weighted by atomic mass is 10.1. The van der Waals surface area contributed by atoms with Crippen LogP contribution in [0.3, 0.4) is 0 Å². The lowest BCUT2D eigenvalue weighted by Crippen LogP contribution is -2.39. The van der Waals surface area contributed by atoms with E-state index in [0.717, 1.165) is 38.7 Å². The van der Waals surface area contributed by atoms with Gasteiger partial charge in [-0.15, -0.1) is 24.0 Å². The van der Waals surface area contributed by atoms with Gasteiger partial charge in [0.1, 0.15) is 0 Å². The van der Waals surface area contributed by atoms with Crippen LogP contribution in [-0.4, -0.2) is 81.7 Å². The van der Waals surface area contributed by atoms with Crippen LogP contribution in [0.2, 0.25) is 0 Å². The molecule has 0 aliphatic carbocycles. The third kappa shape index (κ3) is 7.89. The van der Waals surface area contributed by atoms with Crippen LogP contribution < -0.4 is 15.5 Å². The molecule has 2 fully saturated rings. The van der Waals surface area contributed by atoms with Crippen LogP contribution in [0.4, 0.5) is 5.69 Å². The molecule has 2 aliphatic heterocycles. The molecule has 1 unspecified atom stereocenters. The van der Waals surface area contributed by atoms with Crippen LogP contribution in [0.5, 0.6) is 0 Å². The molecule has 0 bridgehead atoms. The van der Waals surface area contributed by atoms with Gasteiger partial charge in [-0.3, -0.25) is 4.99 Å². The molecule has 30 heavy (non-hydrogen) atoms. The normalized spacial score (nSPS) is 19.8. The molecule has 2 saturated heterocycles. The highest BCUT2D eigenvalue weighted by molar-refractivity contribution is 14.0. The Kier molecular flexibility index (Phi) is 11.2. The molecule has 2 aliphatic rings. The second-order valence-electron chi connectivity index (χ2n) is 8.41. The average molecular weight is 529 g/mol. The van der Waals surface area contributed by atoms with Gasteiger partial charge in [0.25, 0.3) is 0 Å². The zero-order chi connectivity index (χ0) is 20.5. The summed E-state index contributed by atoms with van der Waals surface area (Å²) in [6.07, 6.45) is 3.87. The lowest BCUT2D eigenvalue weighted by molar-refractivity contribution is 0.283. The number of aliphatic imine (C=N–C) groups is 1. The van der Waals surface area contributed by atoms with Gasteiger partial charge in [-0.25, -0.2) is 0 Å². The number of hydrogen-bond donors (Lipinski definition) is 2. The van der Waals surface area contributed by atoms with E-state index in [1.165, 1.54) is 56.7 Å². The van der Waals surface area contributed by atoms with Gasteiger partial charge in [0, 0.05) is 45.0 Å². The van der Waals surface area contributed by atoms with E-state index >= 15 is 0 Å². The summed E-state index contributed by atoms with van der Waals surface area (Å²) < 4.78 is 0. The maximum absolute atomic E-state index is 4.85. The first-order valence-corrected chi connectivity index (χ1v) is 11.5. The number of nitrogens with one attached hydrogen (secondary N) is 2. The largest absolute Gasteiger partial charge is 0.372 e. The monoisotopic (exact) mass is 528 g/mol. The van der Waals surface area contributed by atoms with E-state index in [9.17, 15) is 0 Å². The smallest absolute Gasteiger partial charge is 0.191 e. The number of hydrogen-bond acceptors (Lipinski definition) is 4. The molecule has 0 spiro atoms. The van der Waals surface area contributed by atoms with E-state index < -0.39 is 0 Å². The molecule has 7 heteroatoms. The van der Waals surface area contributed by atoms with Crippen molar-refractivity contribution < 1.29 is 0 Å². The van der Waals surface area contributed by atoms with Gasteiger partial charge in [0.2, 0.25) is 0 Å². The molecule has 2 N–H and O–H groups in total. The van der Waals surface area contributed by atoms with Gasteiger partial charge in [-0.2, -0.15) is 0 Å². The van der Waals surface area contributed by atoms with Crippen molar-refractivity contribution in [2.24, 2.45) is 4.99 Å². The summed E-state index contributed by atoms with van der Waals surface area (Å²) in [5, 5.41) is 7.01. The van der Waals surface area contributed by atoms with Crippen molar-refractivity contribution in [3.63, 3.8) is 0 Å². The average Bonchev–Trinajstić information content (AvgIpc) is 3.19. The van der Waals surface area contributed by atoms with Crippen LogP contribution in [0.15, 0.2) is 29.3 Å². The number of rotatable bonds is 7. The van der Waals surface area contributed by atoms with Crippen LogP contribution in [0.1, 0.15) is 44.7 Å². The topological polar surface area (TPSA) is 46.1 Å². The number of guanidine groups is 1. The first-order valence-electron chi connectivity index (χ1n) is 11.5. The van der Waals surface area contributed by atoms with Gasteiger partial charge in [-0.05, 0) is 70.9 Å². The minimum atomic E-state index is 0. The zero-order valence-corrected chi connectivity index (χ0v) is 21.4. The molecule has 0 radical (unpaired) electrons. The second-order valence-corrected chi connectivity index (χ2v) is 8.41. The number of nitrogens with zero attached hydrogens (tertiary/aromatic N) is 4. The summed E-state index contributed by atoms with van der Waals surface area (Å²) in [5.41, 5.74) is 2.66. The molecule has 2 heterocycles. The Labute approximate surface area is 200 Å². The number of halogens is 1. The summed E-state index contributed by atoms with van der Waals surface area (Å²) in [4.78, 5) is 12.3.